The lowest BCUT2D eigenvalue weighted by Crippen LogP contribution is -2.39. The van der Waals surface area contributed by atoms with E-state index in [9.17, 15) is 10.5 Å². The van der Waals surface area contributed by atoms with E-state index in [1.165, 1.54) is 9.79 Å². The lowest BCUT2D eigenvalue weighted by atomic mass is 9.62. The van der Waals surface area contributed by atoms with Gasteiger partial charge in [-0.05, 0) is 102 Å². The van der Waals surface area contributed by atoms with Crippen molar-refractivity contribution in [3.05, 3.63) is 191 Å². The Morgan fingerprint density at radius 1 is 0.667 bits per heavy atom. The number of pyridine rings is 2. The molecule has 0 saturated carbocycles. The molecular formula is C49H28N6OS. The van der Waals surface area contributed by atoms with Gasteiger partial charge in [-0.1, -0.05) is 60.3 Å². The van der Waals surface area contributed by atoms with Gasteiger partial charge in [0.1, 0.15) is 11.5 Å². The third-order valence-electron chi connectivity index (χ3n) is 11.9. The Morgan fingerprint density at radius 3 is 1.89 bits per heavy atom. The van der Waals surface area contributed by atoms with Crippen molar-refractivity contribution < 1.29 is 4.74 Å². The van der Waals surface area contributed by atoms with Crippen LogP contribution >= 0.6 is 11.8 Å². The molecular weight excluding hydrogens is 721 g/mol. The summed E-state index contributed by atoms with van der Waals surface area (Å²) in [6, 6.07) is 48.4. The molecule has 1 atom stereocenters. The molecule has 3 aromatic heterocycles. The Bertz CT molecular complexity index is 3070. The van der Waals surface area contributed by atoms with Crippen molar-refractivity contribution in [1.29, 1.82) is 10.5 Å². The zero-order valence-corrected chi connectivity index (χ0v) is 31.0. The molecule has 2 aliphatic carbocycles. The highest BCUT2D eigenvalue weighted by molar-refractivity contribution is 7.99. The molecule has 0 N–H and O–H groups in total. The van der Waals surface area contributed by atoms with Crippen molar-refractivity contribution in [2.24, 2.45) is 0 Å². The quantitative estimate of drug-likeness (QED) is 0.174. The molecule has 8 aromatic rings. The smallest absolute Gasteiger partial charge is 0.134 e. The molecule has 7 nitrogen and oxygen atoms in total. The summed E-state index contributed by atoms with van der Waals surface area (Å²) in [5, 5.41) is 21.7. The van der Waals surface area contributed by atoms with E-state index in [0.29, 0.717) is 17.5 Å². The van der Waals surface area contributed by atoms with Crippen molar-refractivity contribution in [1.82, 2.24) is 14.5 Å². The molecule has 8 heteroatoms. The van der Waals surface area contributed by atoms with Gasteiger partial charge in [0.15, 0.2) is 0 Å². The Balaban J connectivity index is 1.15. The van der Waals surface area contributed by atoms with Crippen LogP contribution in [0.4, 0.5) is 17.1 Å². The molecule has 57 heavy (non-hydrogen) atoms. The Hall–Kier alpha value is -7.39. The molecule has 0 saturated heterocycles. The minimum Gasteiger partial charge on any atom is -0.457 e. The molecule has 0 amide bonds. The van der Waals surface area contributed by atoms with Gasteiger partial charge in [-0.15, -0.1) is 0 Å². The minimum atomic E-state index is -0.806. The van der Waals surface area contributed by atoms with Gasteiger partial charge in [0.25, 0.3) is 0 Å². The first kappa shape index (κ1) is 31.9. The maximum atomic E-state index is 9.94. The van der Waals surface area contributed by atoms with Gasteiger partial charge in [-0.3, -0.25) is 9.97 Å². The number of hydrogen-bond donors (Lipinski definition) is 0. The van der Waals surface area contributed by atoms with E-state index >= 15 is 0 Å². The summed E-state index contributed by atoms with van der Waals surface area (Å²) in [5.41, 5.74) is 11.5. The number of hydrogen-bond acceptors (Lipinski definition) is 7. The highest BCUT2D eigenvalue weighted by Gasteiger charge is 2.56. The van der Waals surface area contributed by atoms with Crippen molar-refractivity contribution in [3.63, 3.8) is 0 Å². The van der Waals surface area contributed by atoms with Crippen LogP contribution in [0, 0.1) is 22.7 Å². The van der Waals surface area contributed by atoms with E-state index in [0.717, 1.165) is 84.0 Å². The van der Waals surface area contributed by atoms with Crippen molar-refractivity contribution in [2.75, 3.05) is 4.90 Å². The summed E-state index contributed by atoms with van der Waals surface area (Å²) in [7, 11) is 0. The largest absolute Gasteiger partial charge is 0.457 e. The van der Waals surface area contributed by atoms with Crippen LogP contribution in [-0.4, -0.2) is 14.5 Å². The van der Waals surface area contributed by atoms with Gasteiger partial charge < -0.3 is 14.2 Å². The zero-order valence-electron chi connectivity index (χ0n) is 30.2. The van der Waals surface area contributed by atoms with Crippen LogP contribution in [0.5, 0.6) is 5.75 Å². The second kappa shape index (κ2) is 11.8. The third-order valence-corrected chi connectivity index (χ3v) is 13.1. The van der Waals surface area contributed by atoms with Crippen LogP contribution in [-0.2, 0) is 5.41 Å². The number of nitrogens with zero attached hydrogens (tertiary/aromatic N) is 6. The number of allylic oxidation sites excluding steroid dienone is 3. The second-order valence-corrected chi connectivity index (χ2v) is 15.8. The van der Waals surface area contributed by atoms with Crippen LogP contribution in [0.1, 0.15) is 40.3 Å². The Kier molecular flexibility index (Phi) is 6.61. The van der Waals surface area contributed by atoms with E-state index in [1.54, 1.807) is 11.8 Å². The number of aromatic nitrogens is 3. The summed E-state index contributed by atoms with van der Waals surface area (Å²) in [6.07, 6.45) is 8.73. The van der Waals surface area contributed by atoms with Crippen molar-refractivity contribution >= 4 is 50.6 Å². The molecule has 1 unspecified atom stereocenters. The van der Waals surface area contributed by atoms with Gasteiger partial charge in [-0.25, -0.2) is 0 Å². The van der Waals surface area contributed by atoms with E-state index in [-0.39, 0.29) is 6.04 Å². The first-order valence-corrected chi connectivity index (χ1v) is 19.7. The lowest BCUT2D eigenvalue weighted by Gasteiger charge is -2.45. The molecule has 0 bridgehead atoms. The highest BCUT2D eigenvalue weighted by atomic mass is 32.2. The van der Waals surface area contributed by atoms with Gasteiger partial charge in [0, 0.05) is 66.9 Å². The summed E-state index contributed by atoms with van der Waals surface area (Å²) in [5.74, 6) is 1.56. The SMILES string of the molecule is N#Cc1ccc2c(c1)c1cc(C#N)ccc1n2C1CC=CC2=C1C1(c3ccc(N4c5ccccc5Sc5ccccc54)cc3O2)c2cccnc2-c2ncccc21. The fraction of sp³-hybridized carbons (Fsp3) is 0.0612. The number of fused-ring (bicyclic) bond motifs is 13. The van der Waals surface area contributed by atoms with Crippen LogP contribution in [0.25, 0.3) is 33.2 Å². The van der Waals surface area contributed by atoms with Gasteiger partial charge in [0.2, 0.25) is 0 Å². The van der Waals surface area contributed by atoms with Crippen LogP contribution in [0.2, 0.25) is 0 Å². The summed E-state index contributed by atoms with van der Waals surface area (Å²) in [4.78, 5) is 14.7. The predicted octanol–water partition coefficient (Wildman–Crippen LogP) is 11.4. The maximum absolute atomic E-state index is 9.94. The van der Waals surface area contributed by atoms with E-state index in [1.807, 2.05) is 60.9 Å². The number of rotatable bonds is 2. The van der Waals surface area contributed by atoms with E-state index in [4.69, 9.17) is 14.7 Å². The molecule has 4 aliphatic rings. The summed E-state index contributed by atoms with van der Waals surface area (Å²) < 4.78 is 9.60. The molecule has 12 rings (SSSR count). The fourth-order valence-corrected chi connectivity index (χ4v) is 10.8. The van der Waals surface area contributed by atoms with E-state index < -0.39 is 5.41 Å². The minimum absolute atomic E-state index is 0.212. The first-order chi connectivity index (χ1) is 28.2. The molecule has 1 spiro atoms. The normalized spacial score (nSPS) is 16.5. The summed E-state index contributed by atoms with van der Waals surface area (Å²) in [6.45, 7) is 0. The number of nitriles is 2. The van der Waals surface area contributed by atoms with Crippen LogP contribution in [0.15, 0.2) is 173 Å². The average molecular weight is 749 g/mol. The molecule has 2 aliphatic heterocycles. The Labute approximate surface area is 332 Å². The zero-order chi connectivity index (χ0) is 37.8. The van der Waals surface area contributed by atoms with Crippen molar-refractivity contribution in [3.8, 4) is 29.3 Å². The fourth-order valence-electron chi connectivity index (χ4n) is 9.77. The molecule has 5 heterocycles. The first-order valence-electron chi connectivity index (χ1n) is 18.9. The predicted molar refractivity (Wildman–Crippen MR) is 222 cm³/mol. The molecule has 0 radical (unpaired) electrons. The number of para-hydroxylation sites is 2. The number of anilines is 3. The monoisotopic (exact) mass is 748 g/mol. The molecule has 5 aromatic carbocycles. The number of ether oxygens (including phenoxy) is 1. The van der Waals surface area contributed by atoms with Crippen LogP contribution in [0.3, 0.4) is 0 Å². The Morgan fingerprint density at radius 2 is 1.28 bits per heavy atom. The second-order valence-electron chi connectivity index (χ2n) is 14.7. The topological polar surface area (TPSA) is 90.8 Å². The van der Waals surface area contributed by atoms with E-state index in [2.05, 4.69) is 113 Å². The third kappa shape index (κ3) is 4.25. The standard InChI is InChI=1S/C49H28N6OS/c50-27-29-16-20-37-32(24-29)33-25-30(28-51)17-21-38(33)55(37)41-12-5-13-42-46(41)49(35-8-6-22-52-47(35)48-36(49)9-7-23-53-48)34-19-18-31(26-43(34)56-42)54-39-10-1-3-14-44(39)57-45-15-4-2-11-40(45)54/h1-11,13-26,41H,12H2. The van der Waals surface area contributed by atoms with Crippen LogP contribution < -0.4 is 9.64 Å². The lowest BCUT2D eigenvalue weighted by molar-refractivity contribution is 0.366. The molecule has 0 fully saturated rings. The molecule has 266 valence electrons. The number of benzene rings is 5. The highest BCUT2D eigenvalue weighted by Crippen LogP contribution is 2.64. The van der Waals surface area contributed by atoms with Gasteiger partial charge >= 0.3 is 0 Å². The van der Waals surface area contributed by atoms with Gasteiger partial charge in [-0.2, -0.15) is 10.5 Å². The van der Waals surface area contributed by atoms with Gasteiger partial charge in [0.05, 0.1) is 57.5 Å². The average Bonchev–Trinajstić information content (AvgIpc) is 3.74. The summed E-state index contributed by atoms with van der Waals surface area (Å²) >= 11 is 1.79. The van der Waals surface area contributed by atoms with Crippen molar-refractivity contribution in [2.45, 2.75) is 27.7 Å². The maximum Gasteiger partial charge on any atom is 0.134 e.